The molecule has 1 aliphatic rings. The van der Waals surface area contributed by atoms with Gasteiger partial charge in [0.2, 0.25) is 5.82 Å². The Morgan fingerprint density at radius 1 is 1.13 bits per heavy atom. The summed E-state index contributed by atoms with van der Waals surface area (Å²) in [6.07, 6.45) is 3.11. The van der Waals surface area contributed by atoms with E-state index in [4.69, 9.17) is 16.3 Å². The predicted octanol–water partition coefficient (Wildman–Crippen LogP) is 2.61. The van der Waals surface area contributed by atoms with E-state index in [1.807, 2.05) is 12.1 Å². The molecule has 5 nitrogen and oxygen atoms in total. The lowest BCUT2D eigenvalue weighted by atomic mass is 10.1. The first-order valence-corrected chi connectivity index (χ1v) is 7.24. The molecule has 0 fully saturated rings. The highest BCUT2D eigenvalue weighted by Gasteiger charge is 2.38. The highest BCUT2D eigenvalue weighted by molar-refractivity contribution is 6.30. The van der Waals surface area contributed by atoms with Gasteiger partial charge in [0.05, 0.1) is 5.56 Å². The second kappa shape index (κ2) is 5.82. The van der Waals surface area contributed by atoms with Crippen LogP contribution in [0.5, 0.6) is 0 Å². The molecule has 3 rings (SSSR count). The van der Waals surface area contributed by atoms with Crippen LogP contribution in [0.15, 0.2) is 41.7 Å². The minimum absolute atomic E-state index is 0.134. The van der Waals surface area contributed by atoms with Crippen LogP contribution in [0.25, 0.3) is 0 Å². The van der Waals surface area contributed by atoms with Gasteiger partial charge in [0.15, 0.2) is 5.54 Å². The summed E-state index contributed by atoms with van der Waals surface area (Å²) in [6, 6.07) is 7.26. The molecule has 1 aliphatic heterocycles. The molecule has 1 aromatic carbocycles. The molecule has 0 atom stereocenters. The van der Waals surface area contributed by atoms with E-state index in [-0.39, 0.29) is 11.7 Å². The quantitative estimate of drug-likeness (QED) is 0.597. The maximum atomic E-state index is 11.6. The third kappa shape index (κ3) is 3.38. The maximum absolute atomic E-state index is 11.6. The van der Waals surface area contributed by atoms with E-state index >= 15 is 0 Å². The molecule has 2 aromatic rings. The van der Waals surface area contributed by atoms with Crippen LogP contribution in [-0.4, -0.2) is 27.4 Å². The molecule has 0 bridgehead atoms. The van der Waals surface area contributed by atoms with Gasteiger partial charge in [0.1, 0.15) is 0 Å². The Kier molecular flexibility index (Phi) is 3.85. The number of aromatic nitrogens is 2. The molecule has 0 aliphatic carbocycles. The normalized spacial score (nSPS) is 15.4. The molecule has 0 saturated carbocycles. The zero-order valence-electron chi connectivity index (χ0n) is 12.5. The van der Waals surface area contributed by atoms with Crippen LogP contribution in [-0.2, 0) is 9.53 Å². The van der Waals surface area contributed by atoms with Gasteiger partial charge in [-0.1, -0.05) is 29.5 Å². The van der Waals surface area contributed by atoms with Crippen LogP contribution >= 0.6 is 11.6 Å². The second-order valence-corrected chi connectivity index (χ2v) is 5.86. The van der Waals surface area contributed by atoms with Gasteiger partial charge in [-0.2, -0.15) is 0 Å². The van der Waals surface area contributed by atoms with Crippen molar-refractivity contribution in [2.24, 2.45) is 4.99 Å². The van der Waals surface area contributed by atoms with Crippen LogP contribution in [0, 0.1) is 11.8 Å². The van der Waals surface area contributed by atoms with Crippen molar-refractivity contribution in [3.63, 3.8) is 0 Å². The molecular formula is C17H12ClN3O2. The number of carbonyl (C=O) groups excluding carboxylic acids is 1. The number of cyclic esters (lactones) is 1. The van der Waals surface area contributed by atoms with Crippen LogP contribution in [0.4, 0.5) is 0 Å². The standard InChI is InChI=1S/C17H12ClN3O2/c1-17(2)16(22)23-15(21-17)14-19-9-12(10-20-14)7-6-11-4-3-5-13(18)8-11/h3-5,8-10H,1-2H3. The molecule has 6 heteroatoms. The van der Waals surface area contributed by atoms with Crippen molar-refractivity contribution in [3.05, 3.63) is 58.6 Å². The highest BCUT2D eigenvalue weighted by atomic mass is 35.5. The average Bonchev–Trinajstić information content (AvgIpc) is 2.79. The Morgan fingerprint density at radius 2 is 1.83 bits per heavy atom. The summed E-state index contributed by atoms with van der Waals surface area (Å²) in [5.41, 5.74) is 0.541. The van der Waals surface area contributed by atoms with Crippen molar-refractivity contribution in [1.82, 2.24) is 9.97 Å². The Hall–Kier alpha value is -2.71. The van der Waals surface area contributed by atoms with Crippen LogP contribution in [0.2, 0.25) is 5.02 Å². The van der Waals surface area contributed by atoms with Gasteiger partial charge in [-0.25, -0.2) is 19.8 Å². The second-order valence-electron chi connectivity index (χ2n) is 5.42. The number of hydrogen-bond acceptors (Lipinski definition) is 5. The number of aliphatic imine (C=N–C) groups is 1. The number of carbonyl (C=O) groups is 1. The number of esters is 1. The third-order valence-corrected chi connectivity index (χ3v) is 3.32. The van der Waals surface area contributed by atoms with Gasteiger partial charge in [0, 0.05) is 23.0 Å². The van der Waals surface area contributed by atoms with Crippen molar-refractivity contribution in [2.75, 3.05) is 0 Å². The first kappa shape index (κ1) is 15.2. The Labute approximate surface area is 138 Å². The van der Waals surface area contributed by atoms with E-state index in [0.717, 1.165) is 5.56 Å². The smallest absolute Gasteiger partial charge is 0.340 e. The first-order chi connectivity index (χ1) is 10.9. The SMILES string of the molecule is CC1(C)N=C(c2ncc(C#Cc3cccc(Cl)c3)cn2)OC1=O. The number of rotatable bonds is 1. The Morgan fingerprint density at radius 3 is 2.43 bits per heavy atom. The fourth-order valence-electron chi connectivity index (χ4n) is 1.84. The average molecular weight is 326 g/mol. The first-order valence-electron chi connectivity index (χ1n) is 6.86. The molecule has 0 radical (unpaired) electrons. The number of benzene rings is 1. The molecule has 0 N–H and O–H groups in total. The van der Waals surface area contributed by atoms with Crippen molar-refractivity contribution < 1.29 is 9.53 Å². The van der Waals surface area contributed by atoms with Gasteiger partial charge in [-0.3, -0.25) is 0 Å². The summed E-state index contributed by atoms with van der Waals surface area (Å²) in [7, 11) is 0. The summed E-state index contributed by atoms with van der Waals surface area (Å²) < 4.78 is 5.08. The van der Waals surface area contributed by atoms with Gasteiger partial charge in [-0.05, 0) is 32.0 Å². The lowest BCUT2D eigenvalue weighted by molar-refractivity contribution is -0.137. The zero-order chi connectivity index (χ0) is 16.4. The predicted molar refractivity (Wildman–Crippen MR) is 86.2 cm³/mol. The van der Waals surface area contributed by atoms with Crippen LogP contribution in [0.3, 0.4) is 0 Å². The van der Waals surface area contributed by atoms with E-state index in [1.54, 1.807) is 38.4 Å². The molecule has 0 unspecified atom stereocenters. The maximum Gasteiger partial charge on any atom is 0.340 e. The summed E-state index contributed by atoms with van der Waals surface area (Å²) in [6.45, 7) is 3.35. The molecular weight excluding hydrogens is 314 g/mol. The molecule has 114 valence electrons. The van der Waals surface area contributed by atoms with Gasteiger partial charge in [0.25, 0.3) is 5.90 Å². The zero-order valence-corrected chi connectivity index (χ0v) is 13.3. The molecule has 0 amide bonds. The van der Waals surface area contributed by atoms with E-state index < -0.39 is 11.5 Å². The van der Waals surface area contributed by atoms with E-state index in [2.05, 4.69) is 26.8 Å². The van der Waals surface area contributed by atoms with E-state index in [0.29, 0.717) is 10.6 Å². The van der Waals surface area contributed by atoms with Crippen molar-refractivity contribution >= 4 is 23.5 Å². The van der Waals surface area contributed by atoms with Crippen molar-refractivity contribution in [2.45, 2.75) is 19.4 Å². The highest BCUT2D eigenvalue weighted by Crippen LogP contribution is 2.20. The Balaban J connectivity index is 1.80. The fraction of sp³-hybridized carbons (Fsp3) is 0.176. The lowest BCUT2D eigenvalue weighted by Crippen LogP contribution is -2.25. The summed E-state index contributed by atoms with van der Waals surface area (Å²) in [5, 5.41) is 0.632. The van der Waals surface area contributed by atoms with Crippen LogP contribution in [0.1, 0.15) is 30.8 Å². The molecule has 1 aromatic heterocycles. The molecule has 23 heavy (non-hydrogen) atoms. The van der Waals surface area contributed by atoms with Crippen molar-refractivity contribution in [3.8, 4) is 11.8 Å². The third-order valence-electron chi connectivity index (χ3n) is 3.09. The van der Waals surface area contributed by atoms with E-state index in [1.165, 1.54) is 0 Å². The lowest BCUT2D eigenvalue weighted by Gasteiger charge is -2.05. The van der Waals surface area contributed by atoms with E-state index in [9.17, 15) is 4.79 Å². The van der Waals surface area contributed by atoms with Gasteiger partial charge >= 0.3 is 5.97 Å². The number of ether oxygens (including phenoxy) is 1. The summed E-state index contributed by atoms with van der Waals surface area (Å²) >= 11 is 5.91. The minimum atomic E-state index is -0.899. The Bertz CT molecular complexity index is 861. The molecule has 0 saturated heterocycles. The minimum Gasteiger partial charge on any atom is -0.402 e. The fourth-order valence-corrected chi connectivity index (χ4v) is 2.03. The topological polar surface area (TPSA) is 64.4 Å². The largest absolute Gasteiger partial charge is 0.402 e. The van der Waals surface area contributed by atoms with Gasteiger partial charge < -0.3 is 4.74 Å². The molecule has 2 heterocycles. The number of halogens is 1. The van der Waals surface area contributed by atoms with Crippen LogP contribution < -0.4 is 0 Å². The molecule has 0 spiro atoms. The summed E-state index contributed by atoms with van der Waals surface area (Å²) in [5.74, 6) is 5.91. The number of nitrogens with zero attached hydrogens (tertiary/aromatic N) is 3. The monoisotopic (exact) mass is 325 g/mol. The van der Waals surface area contributed by atoms with Crippen molar-refractivity contribution in [1.29, 1.82) is 0 Å². The summed E-state index contributed by atoms with van der Waals surface area (Å²) in [4.78, 5) is 24.1. The van der Waals surface area contributed by atoms with Gasteiger partial charge in [-0.15, -0.1) is 0 Å². The number of hydrogen-bond donors (Lipinski definition) is 0.